The van der Waals surface area contributed by atoms with E-state index in [0.717, 1.165) is 25.4 Å². The fourth-order valence-corrected chi connectivity index (χ4v) is 3.01. The van der Waals surface area contributed by atoms with Gasteiger partial charge in [-0.3, -0.25) is 0 Å². The Morgan fingerprint density at radius 2 is 2.17 bits per heavy atom. The van der Waals surface area contributed by atoms with Crippen molar-refractivity contribution in [3.63, 3.8) is 0 Å². The molecule has 6 heteroatoms. The lowest BCUT2D eigenvalue weighted by Crippen LogP contribution is -2.46. The van der Waals surface area contributed by atoms with E-state index >= 15 is 0 Å². The molecular formula is C6H11N3OPS+. The summed E-state index contributed by atoms with van der Waals surface area (Å²) < 4.78 is 13.1. The van der Waals surface area contributed by atoms with Gasteiger partial charge in [-0.2, -0.15) is 0 Å². The molecule has 4 nitrogen and oxygen atoms in total. The van der Waals surface area contributed by atoms with Gasteiger partial charge in [0.25, 0.3) is 0 Å². The van der Waals surface area contributed by atoms with Crippen LogP contribution in [-0.4, -0.2) is 34.9 Å². The van der Waals surface area contributed by atoms with Crippen LogP contribution < -0.4 is 5.43 Å². The lowest BCUT2D eigenvalue weighted by atomic mass is 10.6. The highest BCUT2D eigenvalue weighted by Crippen LogP contribution is 2.27. The van der Waals surface area contributed by atoms with E-state index < -0.39 is 7.80 Å². The van der Waals surface area contributed by atoms with E-state index in [1.807, 2.05) is 16.1 Å². The minimum Gasteiger partial charge on any atom is -0.302 e. The van der Waals surface area contributed by atoms with Crippen molar-refractivity contribution in [3.8, 4) is 0 Å². The van der Waals surface area contributed by atoms with Crippen molar-refractivity contribution in [2.75, 3.05) is 25.4 Å². The third kappa shape index (κ3) is 1.80. The predicted octanol–water partition coefficient (Wildman–Crippen LogP) is 0.984. The third-order valence-electron chi connectivity index (χ3n) is 1.89. The molecule has 1 saturated heterocycles. The number of hydrogen-bond donors (Lipinski definition) is 1. The Hall–Kier alpha value is -0.0900. The van der Waals surface area contributed by atoms with E-state index in [2.05, 4.69) is 10.4 Å². The molecule has 0 bridgehead atoms. The van der Waals surface area contributed by atoms with Gasteiger partial charge in [-0.25, -0.2) is 5.01 Å². The molecule has 0 aliphatic carbocycles. The summed E-state index contributed by atoms with van der Waals surface area (Å²) in [6.45, 7) is 1.80. The summed E-state index contributed by atoms with van der Waals surface area (Å²) in [5, 5.41) is 4.18. The maximum atomic E-state index is 11.1. The molecule has 0 amide bonds. The predicted molar refractivity (Wildman–Crippen MR) is 50.6 cm³/mol. The van der Waals surface area contributed by atoms with Gasteiger partial charge in [-0.15, -0.1) is 0 Å². The Kier molecular flexibility index (Phi) is 2.66. The van der Waals surface area contributed by atoms with E-state index in [1.165, 1.54) is 0 Å². The van der Waals surface area contributed by atoms with Crippen molar-refractivity contribution in [2.45, 2.75) is 0 Å². The topological polar surface area (TPSA) is 35.6 Å². The van der Waals surface area contributed by atoms with Crippen LogP contribution in [0.15, 0.2) is 11.6 Å². The van der Waals surface area contributed by atoms with Crippen LogP contribution in [0.3, 0.4) is 0 Å². The highest BCUT2D eigenvalue weighted by atomic mass is 32.2. The third-order valence-corrected chi connectivity index (χ3v) is 4.08. The molecule has 0 aromatic carbocycles. The summed E-state index contributed by atoms with van der Waals surface area (Å²) in [6.07, 6.45) is 3.56. The zero-order valence-electron chi connectivity index (χ0n) is 6.64. The minimum absolute atomic E-state index is 0.827. The van der Waals surface area contributed by atoms with Crippen molar-refractivity contribution in [3.05, 3.63) is 11.6 Å². The van der Waals surface area contributed by atoms with Crippen molar-refractivity contribution in [2.24, 2.45) is 0 Å². The molecule has 0 saturated carbocycles. The van der Waals surface area contributed by atoms with Gasteiger partial charge in [-0.1, -0.05) is 9.09 Å². The average Bonchev–Trinajstić information content (AvgIpc) is 2.58. The van der Waals surface area contributed by atoms with Crippen LogP contribution in [0, 0.1) is 0 Å². The lowest BCUT2D eigenvalue weighted by Gasteiger charge is -2.29. The number of hydrogen-bond acceptors (Lipinski definition) is 5. The molecule has 2 heterocycles. The number of hydrazine groups is 2. The first-order valence-corrected chi connectivity index (χ1v) is 6.38. The number of nitrogens with one attached hydrogen (secondary N) is 1. The lowest BCUT2D eigenvalue weighted by molar-refractivity contribution is 0.0559. The summed E-state index contributed by atoms with van der Waals surface area (Å²) in [4.78, 5) is 0. The normalized spacial score (nSPS) is 26.2. The molecule has 12 heavy (non-hydrogen) atoms. The van der Waals surface area contributed by atoms with Crippen molar-refractivity contribution >= 4 is 19.7 Å². The Morgan fingerprint density at radius 1 is 1.42 bits per heavy atom. The molecule has 2 aliphatic rings. The van der Waals surface area contributed by atoms with Gasteiger partial charge in [0.1, 0.15) is 0 Å². The standard InChI is InChI=1S/C6H11N3OPS/c10-11-4-2-8(3-5-11)9-7-1-6-12-9/h1,6-7H,2-5H2/q+1. The molecule has 0 unspecified atom stereocenters. The Bertz CT molecular complexity index is 205. The van der Waals surface area contributed by atoms with Crippen molar-refractivity contribution in [1.82, 2.24) is 15.0 Å². The molecule has 0 atom stereocenters. The van der Waals surface area contributed by atoms with Crippen LogP contribution in [-0.2, 0) is 4.57 Å². The zero-order valence-corrected chi connectivity index (χ0v) is 8.35. The Labute approximate surface area is 76.8 Å². The largest absolute Gasteiger partial charge is 0.341 e. The van der Waals surface area contributed by atoms with Gasteiger partial charge < -0.3 is 5.43 Å². The fraction of sp³-hybridized carbons (Fsp3) is 0.667. The van der Waals surface area contributed by atoms with E-state index in [1.54, 1.807) is 11.9 Å². The summed E-state index contributed by atoms with van der Waals surface area (Å²) in [5.74, 6) is 0. The Morgan fingerprint density at radius 3 is 2.75 bits per heavy atom. The van der Waals surface area contributed by atoms with Crippen LogP contribution in [0.5, 0.6) is 0 Å². The average molecular weight is 204 g/mol. The first-order valence-electron chi connectivity index (χ1n) is 3.91. The van der Waals surface area contributed by atoms with E-state index in [9.17, 15) is 4.57 Å². The second-order valence-electron chi connectivity index (χ2n) is 2.69. The van der Waals surface area contributed by atoms with Gasteiger partial charge in [0.2, 0.25) is 0 Å². The first kappa shape index (κ1) is 8.51. The molecule has 1 fully saturated rings. The van der Waals surface area contributed by atoms with Crippen LogP contribution in [0.1, 0.15) is 0 Å². The van der Waals surface area contributed by atoms with E-state index in [4.69, 9.17) is 0 Å². The van der Waals surface area contributed by atoms with Crippen molar-refractivity contribution in [1.29, 1.82) is 0 Å². The number of rotatable bonds is 1. The smallest absolute Gasteiger partial charge is 0.302 e. The second-order valence-corrected chi connectivity index (χ2v) is 5.38. The van der Waals surface area contributed by atoms with Gasteiger partial charge in [0.15, 0.2) is 12.3 Å². The summed E-state index contributed by atoms with van der Waals surface area (Å²) in [7, 11) is -0.908. The molecule has 0 spiro atoms. The monoisotopic (exact) mass is 204 g/mol. The molecule has 66 valence electrons. The Balaban J connectivity index is 1.85. The van der Waals surface area contributed by atoms with Crippen molar-refractivity contribution < 1.29 is 4.57 Å². The number of nitrogens with zero attached hydrogens (tertiary/aromatic N) is 2. The summed E-state index contributed by atoms with van der Waals surface area (Å²) in [5.41, 5.74) is 3.09. The molecule has 2 rings (SSSR count). The summed E-state index contributed by atoms with van der Waals surface area (Å²) in [6, 6.07) is 0. The van der Waals surface area contributed by atoms with Crippen LogP contribution in [0.2, 0.25) is 0 Å². The first-order chi connectivity index (χ1) is 5.86. The maximum Gasteiger partial charge on any atom is 0.341 e. The zero-order chi connectivity index (χ0) is 8.39. The van der Waals surface area contributed by atoms with Crippen LogP contribution >= 0.6 is 19.7 Å². The highest BCUT2D eigenvalue weighted by molar-refractivity contribution is 8.00. The van der Waals surface area contributed by atoms with E-state index in [0.29, 0.717) is 0 Å². The van der Waals surface area contributed by atoms with Gasteiger partial charge in [-0.05, 0) is 11.9 Å². The molecule has 1 N–H and O–H groups in total. The maximum absolute atomic E-state index is 11.1. The van der Waals surface area contributed by atoms with Gasteiger partial charge in [0.05, 0.1) is 13.1 Å². The molecule has 0 radical (unpaired) electrons. The highest BCUT2D eigenvalue weighted by Gasteiger charge is 2.29. The van der Waals surface area contributed by atoms with Crippen LogP contribution in [0.4, 0.5) is 0 Å². The fourth-order valence-electron chi connectivity index (χ4n) is 1.22. The second kappa shape index (κ2) is 3.75. The van der Waals surface area contributed by atoms with Gasteiger partial charge in [0, 0.05) is 11.6 Å². The van der Waals surface area contributed by atoms with Gasteiger partial charge >= 0.3 is 7.80 Å². The van der Waals surface area contributed by atoms with Crippen LogP contribution in [0.25, 0.3) is 0 Å². The molecule has 2 aliphatic heterocycles. The summed E-state index contributed by atoms with van der Waals surface area (Å²) >= 11 is 1.62. The minimum atomic E-state index is -0.908. The van der Waals surface area contributed by atoms with E-state index in [-0.39, 0.29) is 0 Å². The SMILES string of the molecule is O=[P+]1CCN(N2NC=CS2)CC1. The quantitative estimate of drug-likeness (QED) is 0.509. The molecular weight excluding hydrogens is 193 g/mol. The molecule has 0 aromatic heterocycles. The molecule has 0 aromatic rings.